The van der Waals surface area contributed by atoms with E-state index in [9.17, 15) is 9.59 Å². The Morgan fingerprint density at radius 2 is 1.91 bits per heavy atom. The SMILES string of the molecule is Cc1c(C(=O)N2CCC(NC(=O)C(C)C)CC2)cc(Cl)nc1Cl. The van der Waals surface area contributed by atoms with Crippen molar-refractivity contribution in [3.8, 4) is 0 Å². The summed E-state index contributed by atoms with van der Waals surface area (Å²) in [6, 6.07) is 1.68. The molecule has 0 aromatic carbocycles. The smallest absolute Gasteiger partial charge is 0.254 e. The number of likely N-dealkylation sites (tertiary alicyclic amines) is 1. The predicted octanol–water partition coefficient (Wildman–Crippen LogP) is 3.07. The largest absolute Gasteiger partial charge is 0.353 e. The molecule has 23 heavy (non-hydrogen) atoms. The molecule has 1 saturated heterocycles. The maximum Gasteiger partial charge on any atom is 0.254 e. The molecule has 0 saturated carbocycles. The van der Waals surface area contributed by atoms with Crippen molar-refractivity contribution in [1.29, 1.82) is 0 Å². The Hall–Kier alpha value is -1.33. The quantitative estimate of drug-likeness (QED) is 0.845. The molecule has 2 amide bonds. The van der Waals surface area contributed by atoms with Crippen molar-refractivity contribution >= 4 is 35.0 Å². The number of nitrogens with one attached hydrogen (secondary N) is 1. The molecule has 1 fully saturated rings. The molecular formula is C16H21Cl2N3O2. The first-order valence-corrected chi connectivity index (χ1v) is 8.47. The maximum atomic E-state index is 12.7. The minimum absolute atomic E-state index is 0.0292. The van der Waals surface area contributed by atoms with Gasteiger partial charge in [0, 0.05) is 30.6 Å². The van der Waals surface area contributed by atoms with Crippen LogP contribution >= 0.6 is 23.2 Å². The first-order chi connectivity index (χ1) is 10.8. The van der Waals surface area contributed by atoms with E-state index in [1.165, 1.54) is 0 Å². The molecule has 7 heteroatoms. The fraction of sp³-hybridized carbons (Fsp3) is 0.562. The molecule has 1 aromatic rings. The molecule has 2 heterocycles. The van der Waals surface area contributed by atoms with E-state index in [4.69, 9.17) is 23.2 Å². The summed E-state index contributed by atoms with van der Waals surface area (Å²) in [5.74, 6) is -0.0703. The van der Waals surface area contributed by atoms with E-state index in [1.54, 1.807) is 17.9 Å². The van der Waals surface area contributed by atoms with Crippen molar-refractivity contribution in [3.05, 3.63) is 27.5 Å². The van der Waals surface area contributed by atoms with E-state index in [0.717, 1.165) is 12.8 Å². The molecular weight excluding hydrogens is 337 g/mol. The van der Waals surface area contributed by atoms with E-state index >= 15 is 0 Å². The molecule has 126 valence electrons. The van der Waals surface area contributed by atoms with Crippen LogP contribution in [0.3, 0.4) is 0 Å². The Bertz CT molecular complexity index is 612. The van der Waals surface area contributed by atoms with Crippen molar-refractivity contribution < 1.29 is 9.59 Å². The minimum atomic E-state index is -0.0951. The molecule has 2 rings (SSSR count). The molecule has 0 spiro atoms. The number of piperidine rings is 1. The number of halogens is 2. The van der Waals surface area contributed by atoms with Crippen LogP contribution in [0.1, 0.15) is 42.6 Å². The third kappa shape index (κ3) is 4.36. The molecule has 0 bridgehead atoms. The second-order valence-corrected chi connectivity index (χ2v) is 6.88. The Kier molecular flexibility index (Phi) is 5.87. The van der Waals surface area contributed by atoms with Gasteiger partial charge in [-0.25, -0.2) is 4.98 Å². The van der Waals surface area contributed by atoms with Crippen LogP contribution in [0.15, 0.2) is 6.07 Å². The Balaban J connectivity index is 2.00. The fourth-order valence-corrected chi connectivity index (χ4v) is 2.97. The highest BCUT2D eigenvalue weighted by Crippen LogP contribution is 2.23. The van der Waals surface area contributed by atoms with Gasteiger partial charge in [-0.05, 0) is 31.4 Å². The van der Waals surface area contributed by atoms with E-state index in [0.29, 0.717) is 24.2 Å². The number of rotatable bonds is 3. The van der Waals surface area contributed by atoms with Crippen LogP contribution in [0.4, 0.5) is 0 Å². The lowest BCUT2D eigenvalue weighted by Gasteiger charge is -2.33. The number of aromatic nitrogens is 1. The molecule has 1 N–H and O–H groups in total. The molecule has 0 radical (unpaired) electrons. The van der Waals surface area contributed by atoms with Crippen molar-refractivity contribution in [2.24, 2.45) is 5.92 Å². The number of amides is 2. The second-order valence-electron chi connectivity index (χ2n) is 6.14. The van der Waals surface area contributed by atoms with Gasteiger partial charge < -0.3 is 10.2 Å². The number of carbonyl (C=O) groups excluding carboxylic acids is 2. The summed E-state index contributed by atoms with van der Waals surface area (Å²) < 4.78 is 0. The van der Waals surface area contributed by atoms with E-state index in [2.05, 4.69) is 10.3 Å². The first-order valence-electron chi connectivity index (χ1n) is 7.72. The summed E-state index contributed by atoms with van der Waals surface area (Å²) in [6.45, 7) is 6.69. The van der Waals surface area contributed by atoms with Crippen molar-refractivity contribution in [3.63, 3.8) is 0 Å². The van der Waals surface area contributed by atoms with E-state index in [1.807, 2.05) is 13.8 Å². The van der Waals surface area contributed by atoms with Crippen LogP contribution in [-0.4, -0.2) is 40.8 Å². The van der Waals surface area contributed by atoms with Crippen LogP contribution in [0.2, 0.25) is 10.3 Å². The second kappa shape index (κ2) is 7.49. The summed E-state index contributed by atoms with van der Waals surface area (Å²) in [7, 11) is 0. The monoisotopic (exact) mass is 357 g/mol. The van der Waals surface area contributed by atoms with Gasteiger partial charge in [-0.3, -0.25) is 9.59 Å². The summed E-state index contributed by atoms with van der Waals surface area (Å²) in [6.07, 6.45) is 1.49. The van der Waals surface area contributed by atoms with Gasteiger partial charge in [-0.1, -0.05) is 37.0 Å². The normalized spacial score (nSPS) is 15.8. The fourth-order valence-electron chi connectivity index (χ4n) is 2.54. The van der Waals surface area contributed by atoms with Crippen LogP contribution in [-0.2, 0) is 4.79 Å². The van der Waals surface area contributed by atoms with Gasteiger partial charge in [0.2, 0.25) is 5.91 Å². The lowest BCUT2D eigenvalue weighted by Crippen LogP contribution is -2.47. The lowest BCUT2D eigenvalue weighted by molar-refractivity contribution is -0.124. The third-order valence-electron chi connectivity index (χ3n) is 4.07. The highest BCUT2D eigenvalue weighted by atomic mass is 35.5. The highest BCUT2D eigenvalue weighted by Gasteiger charge is 2.26. The number of pyridine rings is 1. The average Bonchev–Trinajstić information content (AvgIpc) is 2.50. The first kappa shape index (κ1) is 18.0. The standard InChI is InChI=1S/C16H21Cl2N3O2/c1-9(2)15(22)19-11-4-6-21(7-5-11)16(23)12-8-13(17)20-14(18)10(12)3/h8-9,11H,4-7H2,1-3H3,(H,19,22). The van der Waals surface area contributed by atoms with Crippen LogP contribution in [0.5, 0.6) is 0 Å². The summed E-state index contributed by atoms with van der Waals surface area (Å²) in [4.78, 5) is 30.1. The lowest BCUT2D eigenvalue weighted by atomic mass is 10.0. The van der Waals surface area contributed by atoms with Gasteiger partial charge in [-0.15, -0.1) is 0 Å². The summed E-state index contributed by atoms with van der Waals surface area (Å²) in [5, 5.41) is 3.48. The Morgan fingerprint density at radius 1 is 1.30 bits per heavy atom. The minimum Gasteiger partial charge on any atom is -0.353 e. The van der Waals surface area contributed by atoms with Crippen LogP contribution in [0, 0.1) is 12.8 Å². The number of carbonyl (C=O) groups is 2. The zero-order chi connectivity index (χ0) is 17.1. The predicted molar refractivity (Wildman–Crippen MR) is 90.9 cm³/mol. The molecule has 0 unspecified atom stereocenters. The highest BCUT2D eigenvalue weighted by molar-refractivity contribution is 6.33. The van der Waals surface area contributed by atoms with Crippen molar-refractivity contribution in [1.82, 2.24) is 15.2 Å². The van der Waals surface area contributed by atoms with Crippen LogP contribution in [0.25, 0.3) is 0 Å². The van der Waals surface area contributed by atoms with Crippen molar-refractivity contribution in [2.45, 2.75) is 39.7 Å². The van der Waals surface area contributed by atoms with E-state index < -0.39 is 0 Å². The van der Waals surface area contributed by atoms with Gasteiger partial charge in [0.25, 0.3) is 5.91 Å². The topological polar surface area (TPSA) is 62.3 Å². The Labute approximate surface area is 146 Å². The Morgan fingerprint density at radius 3 is 2.48 bits per heavy atom. The number of nitrogens with zero attached hydrogens (tertiary/aromatic N) is 2. The molecule has 1 aromatic heterocycles. The zero-order valence-corrected chi connectivity index (χ0v) is 15.0. The van der Waals surface area contributed by atoms with Gasteiger partial charge in [0.15, 0.2) is 0 Å². The summed E-state index contributed by atoms with van der Waals surface area (Å²) >= 11 is 11.9. The van der Waals surface area contributed by atoms with Crippen molar-refractivity contribution in [2.75, 3.05) is 13.1 Å². The molecule has 5 nitrogen and oxygen atoms in total. The van der Waals surface area contributed by atoms with Crippen LogP contribution < -0.4 is 5.32 Å². The zero-order valence-electron chi connectivity index (χ0n) is 13.5. The summed E-state index contributed by atoms with van der Waals surface area (Å²) in [5.41, 5.74) is 1.12. The maximum absolute atomic E-state index is 12.7. The number of hydrogen-bond acceptors (Lipinski definition) is 3. The van der Waals surface area contributed by atoms with Gasteiger partial charge >= 0.3 is 0 Å². The van der Waals surface area contributed by atoms with Gasteiger partial charge in [0.05, 0.1) is 0 Å². The third-order valence-corrected chi connectivity index (χ3v) is 4.63. The molecule has 1 aliphatic heterocycles. The average molecular weight is 358 g/mol. The molecule has 0 atom stereocenters. The molecule has 0 aliphatic carbocycles. The van der Waals surface area contributed by atoms with Gasteiger partial charge in [0.1, 0.15) is 10.3 Å². The molecule has 1 aliphatic rings. The van der Waals surface area contributed by atoms with E-state index in [-0.39, 0.29) is 34.1 Å². The number of hydrogen-bond donors (Lipinski definition) is 1. The van der Waals surface area contributed by atoms with Gasteiger partial charge in [-0.2, -0.15) is 0 Å².